The number of H-pyrrole nitrogens is 1. The van der Waals surface area contributed by atoms with Gasteiger partial charge in [0.05, 0.1) is 0 Å². The molecule has 238 valence electrons. The molecule has 5 rings (SSSR count). The molecular weight excluding hydrogens is 586 g/mol. The summed E-state index contributed by atoms with van der Waals surface area (Å²) in [5.41, 5.74) is 3.16. The third kappa shape index (κ3) is 8.81. The highest BCUT2D eigenvalue weighted by molar-refractivity contribution is 6.38. The highest BCUT2D eigenvalue weighted by Gasteiger charge is 2.34. The molecule has 0 radical (unpaired) electrons. The lowest BCUT2D eigenvalue weighted by atomic mass is 9.99. The fraction of sp³-hybridized carbons (Fsp3) is 0.286. The quantitative estimate of drug-likeness (QED) is 0.136. The van der Waals surface area contributed by atoms with Crippen LogP contribution in [0.5, 0.6) is 0 Å². The van der Waals surface area contributed by atoms with E-state index < -0.39 is 47.7 Å². The summed E-state index contributed by atoms with van der Waals surface area (Å²) in [6.45, 7) is 1.50. The summed E-state index contributed by atoms with van der Waals surface area (Å²) in [4.78, 5) is 68.8. The Kier molecular flexibility index (Phi) is 10.4. The van der Waals surface area contributed by atoms with E-state index in [1.807, 2.05) is 72.8 Å². The molecule has 0 saturated heterocycles. The number of benzene rings is 3. The monoisotopic (exact) mass is 623 g/mol. The van der Waals surface area contributed by atoms with E-state index in [1.165, 1.54) is 6.92 Å². The average Bonchev–Trinajstić information content (AvgIpc) is 3.80. The van der Waals surface area contributed by atoms with Crippen molar-refractivity contribution in [2.75, 3.05) is 0 Å². The van der Waals surface area contributed by atoms with Crippen LogP contribution in [0.25, 0.3) is 10.9 Å². The summed E-state index contributed by atoms with van der Waals surface area (Å²) < 4.78 is 5.24. The van der Waals surface area contributed by atoms with Gasteiger partial charge >= 0.3 is 6.09 Å². The maximum atomic E-state index is 13.9. The van der Waals surface area contributed by atoms with Crippen LogP contribution in [0.3, 0.4) is 0 Å². The molecule has 0 bridgehead atoms. The van der Waals surface area contributed by atoms with Crippen LogP contribution in [-0.2, 0) is 43.4 Å². The molecule has 3 atom stereocenters. The van der Waals surface area contributed by atoms with Gasteiger partial charge in [0, 0.05) is 36.0 Å². The van der Waals surface area contributed by atoms with Gasteiger partial charge in [0.25, 0.3) is 5.91 Å². The molecule has 1 aromatic heterocycles. The molecule has 3 unspecified atom stereocenters. The zero-order valence-electron chi connectivity index (χ0n) is 25.5. The van der Waals surface area contributed by atoms with Gasteiger partial charge in [-0.1, -0.05) is 78.9 Å². The highest BCUT2D eigenvalue weighted by atomic mass is 16.5. The number of aromatic amines is 1. The van der Waals surface area contributed by atoms with E-state index in [4.69, 9.17) is 4.74 Å². The molecule has 1 aliphatic carbocycles. The molecule has 46 heavy (non-hydrogen) atoms. The van der Waals surface area contributed by atoms with Crippen LogP contribution in [-0.4, -0.2) is 58.7 Å². The van der Waals surface area contributed by atoms with E-state index >= 15 is 0 Å². The zero-order valence-corrected chi connectivity index (χ0v) is 25.5. The van der Waals surface area contributed by atoms with E-state index in [0.29, 0.717) is 0 Å². The maximum absolute atomic E-state index is 13.9. The predicted octanol–water partition coefficient (Wildman–Crippen LogP) is 3.09. The number of rotatable bonds is 14. The smallest absolute Gasteiger partial charge is 0.408 e. The zero-order chi connectivity index (χ0) is 32.5. The summed E-state index contributed by atoms with van der Waals surface area (Å²) in [6, 6.07) is 22.3. The molecule has 3 aromatic carbocycles. The summed E-state index contributed by atoms with van der Waals surface area (Å²) in [5.74, 6) is -2.80. The van der Waals surface area contributed by atoms with Gasteiger partial charge in [0.2, 0.25) is 17.6 Å². The minimum Gasteiger partial charge on any atom is -0.445 e. The van der Waals surface area contributed by atoms with Crippen molar-refractivity contribution in [2.45, 2.75) is 63.4 Å². The first-order valence-corrected chi connectivity index (χ1v) is 15.3. The first-order valence-electron chi connectivity index (χ1n) is 15.3. The van der Waals surface area contributed by atoms with Crippen molar-refractivity contribution in [3.63, 3.8) is 0 Å². The topological polar surface area (TPSA) is 158 Å². The molecule has 4 aromatic rings. The van der Waals surface area contributed by atoms with Crippen molar-refractivity contribution in [3.05, 3.63) is 108 Å². The number of ether oxygens (including phenoxy) is 1. The first-order chi connectivity index (χ1) is 22.3. The van der Waals surface area contributed by atoms with Gasteiger partial charge in [0.15, 0.2) is 0 Å². The molecule has 0 spiro atoms. The molecular formula is C35H37N5O6. The van der Waals surface area contributed by atoms with Crippen molar-refractivity contribution >= 4 is 40.5 Å². The number of carbonyl (C=O) groups excluding carboxylic acids is 5. The Hall–Kier alpha value is -5.45. The number of hydrogen-bond donors (Lipinski definition) is 5. The third-order valence-electron chi connectivity index (χ3n) is 7.72. The molecule has 0 aliphatic heterocycles. The van der Waals surface area contributed by atoms with Crippen molar-refractivity contribution in [1.82, 2.24) is 26.3 Å². The second-order valence-electron chi connectivity index (χ2n) is 11.4. The Morgan fingerprint density at radius 1 is 0.761 bits per heavy atom. The largest absolute Gasteiger partial charge is 0.445 e. The number of alkyl carbamates (subject to hydrolysis) is 1. The van der Waals surface area contributed by atoms with Gasteiger partial charge < -0.3 is 31.0 Å². The summed E-state index contributed by atoms with van der Waals surface area (Å²) in [6.07, 6.45) is 2.74. The fourth-order valence-corrected chi connectivity index (χ4v) is 5.01. The SMILES string of the molecule is CC(NC(=O)OCc1ccccc1)C(=O)NC(Cc1c[nH]c2ccccc12)C(=O)NC(Cc1ccccc1)C(=O)C(=O)NC1CC1. The molecule has 11 nitrogen and oxygen atoms in total. The lowest BCUT2D eigenvalue weighted by molar-refractivity contribution is -0.140. The number of amides is 4. The van der Waals surface area contributed by atoms with E-state index in [9.17, 15) is 24.0 Å². The Morgan fingerprint density at radius 3 is 2.09 bits per heavy atom. The minimum atomic E-state index is -1.17. The summed E-state index contributed by atoms with van der Waals surface area (Å²) >= 11 is 0. The van der Waals surface area contributed by atoms with Gasteiger partial charge in [-0.15, -0.1) is 0 Å². The van der Waals surface area contributed by atoms with Crippen molar-refractivity contribution < 1.29 is 28.7 Å². The number of ketones is 1. The van der Waals surface area contributed by atoms with Gasteiger partial charge in [-0.2, -0.15) is 0 Å². The van der Waals surface area contributed by atoms with Crippen LogP contribution in [0.2, 0.25) is 0 Å². The van der Waals surface area contributed by atoms with Crippen LogP contribution in [0.1, 0.15) is 36.5 Å². The number of aromatic nitrogens is 1. The Morgan fingerprint density at radius 2 is 1.39 bits per heavy atom. The number of hydrogen-bond acceptors (Lipinski definition) is 6. The van der Waals surface area contributed by atoms with E-state index in [0.717, 1.165) is 40.4 Å². The first kappa shape index (κ1) is 32.0. The number of nitrogens with one attached hydrogen (secondary N) is 5. The molecule has 1 aliphatic rings. The Bertz CT molecular complexity index is 1690. The minimum absolute atomic E-state index is 0.0256. The molecule has 1 fully saturated rings. The van der Waals surface area contributed by atoms with Crippen LogP contribution in [0.4, 0.5) is 4.79 Å². The number of carbonyl (C=O) groups is 5. The second kappa shape index (κ2) is 15.0. The Labute approximate surface area is 266 Å². The normalized spacial score (nSPS) is 14.4. The van der Waals surface area contributed by atoms with Gasteiger partial charge in [-0.3, -0.25) is 19.2 Å². The number of fused-ring (bicyclic) bond motifs is 1. The van der Waals surface area contributed by atoms with Gasteiger partial charge in [0.1, 0.15) is 24.7 Å². The number of para-hydroxylation sites is 1. The van der Waals surface area contributed by atoms with E-state index in [2.05, 4.69) is 26.3 Å². The van der Waals surface area contributed by atoms with E-state index in [1.54, 1.807) is 18.3 Å². The molecule has 1 heterocycles. The van der Waals surface area contributed by atoms with Gasteiger partial charge in [-0.05, 0) is 42.5 Å². The lowest BCUT2D eigenvalue weighted by Crippen LogP contribution is -2.57. The summed E-state index contributed by atoms with van der Waals surface area (Å²) in [5, 5.41) is 11.5. The van der Waals surface area contributed by atoms with Crippen molar-refractivity contribution in [1.29, 1.82) is 0 Å². The molecule has 5 N–H and O–H groups in total. The van der Waals surface area contributed by atoms with Crippen LogP contribution in [0.15, 0.2) is 91.1 Å². The van der Waals surface area contributed by atoms with Crippen LogP contribution in [0, 0.1) is 0 Å². The molecule has 1 saturated carbocycles. The fourth-order valence-electron chi connectivity index (χ4n) is 5.01. The van der Waals surface area contributed by atoms with Crippen molar-refractivity contribution in [2.24, 2.45) is 0 Å². The predicted molar refractivity (Wildman–Crippen MR) is 171 cm³/mol. The standard InChI is InChI=1S/C35H37N5O6/c1-22(37-35(45)46-21-24-12-6-3-7-13-24)32(42)40-30(19-25-20-36-28-15-9-8-14-27(25)28)33(43)39-29(18-23-10-4-2-5-11-23)31(41)34(44)38-26-16-17-26/h2-15,20,22,26,29-30,36H,16-19,21H2,1H3,(H,37,45)(H,38,44)(H,39,43)(H,40,42). The summed E-state index contributed by atoms with van der Waals surface area (Å²) in [7, 11) is 0. The number of Topliss-reactive ketones (excluding diaryl/α,β-unsaturated/α-hetero) is 1. The van der Waals surface area contributed by atoms with Crippen LogP contribution < -0.4 is 21.3 Å². The third-order valence-corrected chi connectivity index (χ3v) is 7.72. The van der Waals surface area contributed by atoms with E-state index in [-0.39, 0.29) is 25.5 Å². The van der Waals surface area contributed by atoms with Crippen molar-refractivity contribution in [3.8, 4) is 0 Å². The Balaban J connectivity index is 1.31. The average molecular weight is 624 g/mol. The second-order valence-corrected chi connectivity index (χ2v) is 11.4. The van der Waals surface area contributed by atoms with Gasteiger partial charge in [-0.25, -0.2) is 4.79 Å². The highest BCUT2D eigenvalue weighted by Crippen LogP contribution is 2.20. The lowest BCUT2D eigenvalue weighted by Gasteiger charge is -2.24. The molecule has 4 amide bonds. The van der Waals surface area contributed by atoms with Crippen LogP contribution >= 0.6 is 0 Å². The molecule has 11 heteroatoms. The maximum Gasteiger partial charge on any atom is 0.408 e.